The highest BCUT2D eigenvalue weighted by molar-refractivity contribution is 5.81. The largest absolute Gasteiger partial charge is 0.407 e. The number of carbonyl (C=O) groups is 1. The molecule has 0 radical (unpaired) electrons. The van der Waals surface area contributed by atoms with Gasteiger partial charge in [-0.25, -0.2) is 13.2 Å². The molecule has 2 aromatic carbocycles. The molecule has 3 atom stereocenters. The van der Waals surface area contributed by atoms with Gasteiger partial charge in [0.05, 0.1) is 6.04 Å². The number of halogens is 6. The van der Waals surface area contributed by atoms with Crippen LogP contribution in [0.4, 0.5) is 26.3 Å². The van der Waals surface area contributed by atoms with Crippen LogP contribution in [0.25, 0.3) is 11.1 Å². The Morgan fingerprint density at radius 2 is 1.34 bits per heavy atom. The van der Waals surface area contributed by atoms with E-state index in [2.05, 4.69) is 5.32 Å². The standard InChI is InChI=1S/C23H25F6NO2/c1-13(31)18(12-22(2,3)26)30-20(23(27,28)29)17-10-6-15(7-11-17)14-4-8-16(9-5-14)19(32)21(24)25/h4-11,18-21,30,32H,12H2,1-3H3. The van der Waals surface area contributed by atoms with Crippen molar-refractivity contribution in [1.82, 2.24) is 5.32 Å². The van der Waals surface area contributed by atoms with Crippen LogP contribution in [0.1, 0.15) is 50.5 Å². The Hall–Kier alpha value is -2.39. The normalized spacial score (nSPS) is 15.5. The SMILES string of the molecule is CC(=O)C(CC(C)(C)F)NC(c1ccc(-c2ccc(C(O)C(F)F)cc2)cc1)C(F)(F)F. The lowest BCUT2D eigenvalue weighted by molar-refractivity contribution is -0.161. The maximum atomic E-state index is 14.0. The molecule has 2 aromatic rings. The Labute approximate surface area is 182 Å². The summed E-state index contributed by atoms with van der Waals surface area (Å²) in [6, 6.07) is 7.40. The number of rotatable bonds is 9. The van der Waals surface area contributed by atoms with Gasteiger partial charge in [0.25, 0.3) is 6.43 Å². The highest BCUT2D eigenvalue weighted by atomic mass is 19.4. The van der Waals surface area contributed by atoms with Crippen molar-refractivity contribution in [2.75, 3.05) is 0 Å². The van der Waals surface area contributed by atoms with Gasteiger partial charge in [-0.1, -0.05) is 48.5 Å². The molecule has 0 aliphatic carbocycles. The number of hydrogen-bond donors (Lipinski definition) is 2. The second-order valence-electron chi connectivity index (χ2n) is 8.25. The van der Waals surface area contributed by atoms with E-state index in [1.54, 1.807) is 0 Å². The molecule has 3 unspecified atom stereocenters. The molecule has 0 bridgehead atoms. The van der Waals surface area contributed by atoms with Gasteiger partial charge in [0.2, 0.25) is 0 Å². The third-order valence-electron chi connectivity index (χ3n) is 4.94. The summed E-state index contributed by atoms with van der Waals surface area (Å²) in [6.45, 7) is 3.48. The van der Waals surface area contributed by atoms with Gasteiger partial charge < -0.3 is 5.11 Å². The van der Waals surface area contributed by atoms with Crippen LogP contribution >= 0.6 is 0 Å². The van der Waals surface area contributed by atoms with Crippen molar-refractivity contribution in [2.24, 2.45) is 0 Å². The summed E-state index contributed by atoms with van der Waals surface area (Å²) < 4.78 is 80.3. The van der Waals surface area contributed by atoms with Crippen LogP contribution in [0.2, 0.25) is 0 Å². The minimum absolute atomic E-state index is 0.0211. The van der Waals surface area contributed by atoms with Crippen LogP contribution in [0.5, 0.6) is 0 Å². The van der Waals surface area contributed by atoms with Crippen LogP contribution in [0, 0.1) is 0 Å². The number of benzene rings is 2. The summed E-state index contributed by atoms with van der Waals surface area (Å²) >= 11 is 0. The average molecular weight is 461 g/mol. The smallest absolute Gasteiger partial charge is 0.382 e. The average Bonchev–Trinajstić information content (AvgIpc) is 2.69. The molecule has 0 heterocycles. The van der Waals surface area contributed by atoms with E-state index in [-0.39, 0.29) is 11.1 Å². The third-order valence-corrected chi connectivity index (χ3v) is 4.94. The van der Waals surface area contributed by atoms with Crippen molar-refractivity contribution >= 4 is 5.78 Å². The highest BCUT2D eigenvalue weighted by Gasteiger charge is 2.43. The first-order valence-corrected chi connectivity index (χ1v) is 9.87. The van der Waals surface area contributed by atoms with E-state index in [9.17, 15) is 36.2 Å². The zero-order valence-corrected chi connectivity index (χ0v) is 17.8. The molecule has 0 saturated carbocycles. The second kappa shape index (κ2) is 10.0. The van der Waals surface area contributed by atoms with Crippen molar-refractivity contribution in [3.05, 3.63) is 59.7 Å². The molecule has 176 valence electrons. The number of nitrogens with one attached hydrogen (secondary N) is 1. The summed E-state index contributed by atoms with van der Waals surface area (Å²) in [6.07, 6.45) is -10.0. The van der Waals surface area contributed by atoms with E-state index in [4.69, 9.17) is 0 Å². The van der Waals surface area contributed by atoms with Gasteiger partial charge in [-0.15, -0.1) is 0 Å². The van der Waals surface area contributed by atoms with Gasteiger partial charge in [-0.3, -0.25) is 10.1 Å². The van der Waals surface area contributed by atoms with Crippen LogP contribution in [-0.2, 0) is 4.79 Å². The topological polar surface area (TPSA) is 49.3 Å². The predicted molar refractivity (Wildman–Crippen MR) is 109 cm³/mol. The Bertz CT molecular complexity index is 889. The molecule has 9 heteroatoms. The number of Topliss-reactive ketones (excluding diaryl/α,β-unsaturated/α-hetero) is 1. The van der Waals surface area contributed by atoms with Crippen LogP contribution in [-0.4, -0.2) is 35.2 Å². The van der Waals surface area contributed by atoms with Crippen LogP contribution < -0.4 is 5.32 Å². The van der Waals surface area contributed by atoms with Crippen molar-refractivity contribution in [3.8, 4) is 11.1 Å². The Kier molecular flexibility index (Phi) is 8.12. The van der Waals surface area contributed by atoms with E-state index in [1.165, 1.54) is 62.4 Å². The first-order valence-electron chi connectivity index (χ1n) is 9.87. The van der Waals surface area contributed by atoms with Gasteiger partial charge in [0.15, 0.2) is 0 Å². The summed E-state index contributed by atoms with van der Waals surface area (Å²) in [5.41, 5.74) is -0.894. The number of aliphatic hydroxyl groups is 1. The molecule has 0 amide bonds. The molecule has 2 rings (SSSR count). The zero-order valence-electron chi connectivity index (χ0n) is 17.8. The Balaban J connectivity index is 2.27. The molecule has 0 aliphatic rings. The lowest BCUT2D eigenvalue weighted by Gasteiger charge is -2.29. The van der Waals surface area contributed by atoms with E-state index in [0.29, 0.717) is 11.1 Å². The number of carbonyl (C=O) groups excluding carboxylic acids is 1. The molecule has 3 nitrogen and oxygen atoms in total. The van der Waals surface area contributed by atoms with Crippen molar-refractivity contribution in [1.29, 1.82) is 0 Å². The molecular formula is C23H25F6NO2. The molecule has 32 heavy (non-hydrogen) atoms. The van der Waals surface area contributed by atoms with Crippen LogP contribution in [0.15, 0.2) is 48.5 Å². The molecular weight excluding hydrogens is 436 g/mol. The fourth-order valence-electron chi connectivity index (χ4n) is 3.27. The summed E-state index contributed by atoms with van der Waals surface area (Å²) in [4.78, 5) is 11.8. The van der Waals surface area contributed by atoms with E-state index >= 15 is 0 Å². The number of ketones is 1. The molecule has 0 aliphatic heterocycles. The summed E-state index contributed by atoms with van der Waals surface area (Å²) in [7, 11) is 0. The summed E-state index contributed by atoms with van der Waals surface area (Å²) in [5.74, 6) is -0.604. The number of hydrogen-bond acceptors (Lipinski definition) is 3. The van der Waals surface area contributed by atoms with Crippen LogP contribution in [0.3, 0.4) is 0 Å². The third kappa shape index (κ3) is 7.06. The number of alkyl halides is 6. The minimum Gasteiger partial charge on any atom is -0.382 e. The highest BCUT2D eigenvalue weighted by Crippen LogP contribution is 2.35. The maximum Gasteiger partial charge on any atom is 0.407 e. The van der Waals surface area contributed by atoms with Gasteiger partial charge in [-0.2, -0.15) is 13.2 Å². The Morgan fingerprint density at radius 1 is 0.906 bits per heavy atom. The first-order chi connectivity index (χ1) is 14.7. The molecule has 0 spiro atoms. The zero-order chi connectivity index (χ0) is 24.3. The minimum atomic E-state index is -4.73. The van der Waals surface area contributed by atoms with Gasteiger partial charge in [0.1, 0.15) is 23.6 Å². The van der Waals surface area contributed by atoms with E-state index in [0.717, 1.165) is 6.92 Å². The molecule has 0 aromatic heterocycles. The quantitative estimate of drug-likeness (QED) is 0.455. The molecule has 0 fully saturated rings. The fourth-order valence-corrected chi connectivity index (χ4v) is 3.27. The fraction of sp³-hybridized carbons (Fsp3) is 0.435. The lowest BCUT2D eigenvalue weighted by Crippen LogP contribution is -2.46. The molecule has 2 N–H and O–H groups in total. The first kappa shape index (κ1) is 25.9. The summed E-state index contributed by atoms with van der Waals surface area (Å²) in [5, 5.41) is 11.6. The second-order valence-corrected chi connectivity index (χ2v) is 8.25. The lowest BCUT2D eigenvalue weighted by atomic mass is 9.95. The van der Waals surface area contributed by atoms with Gasteiger partial charge >= 0.3 is 6.18 Å². The van der Waals surface area contributed by atoms with Gasteiger partial charge in [0, 0.05) is 6.42 Å². The monoisotopic (exact) mass is 461 g/mol. The Morgan fingerprint density at radius 3 is 1.69 bits per heavy atom. The van der Waals surface area contributed by atoms with E-state index in [1.807, 2.05) is 0 Å². The predicted octanol–water partition coefficient (Wildman–Crippen LogP) is 5.94. The van der Waals surface area contributed by atoms with Crippen molar-refractivity contribution in [2.45, 2.75) is 63.7 Å². The molecule has 0 saturated heterocycles. The van der Waals surface area contributed by atoms with E-state index < -0.39 is 48.7 Å². The maximum absolute atomic E-state index is 14.0. The number of aliphatic hydroxyl groups excluding tert-OH is 1. The van der Waals surface area contributed by atoms with Crippen molar-refractivity contribution < 1.29 is 36.2 Å². The van der Waals surface area contributed by atoms with Crippen molar-refractivity contribution in [3.63, 3.8) is 0 Å². The van der Waals surface area contributed by atoms with Gasteiger partial charge in [-0.05, 0) is 43.0 Å².